The summed E-state index contributed by atoms with van der Waals surface area (Å²) < 4.78 is 6.77. The maximum atomic E-state index is 5.68. The molecule has 1 aromatic rings. The van der Waals surface area contributed by atoms with E-state index in [1.165, 1.54) is 5.56 Å². The molecule has 84 valence electrons. The lowest BCUT2D eigenvalue weighted by Crippen LogP contribution is -2.03. The molecule has 0 heterocycles. The second-order valence-corrected chi connectivity index (χ2v) is 4.41. The Bertz CT molecular complexity index is 302. The number of benzene rings is 1. The van der Waals surface area contributed by atoms with Crippen LogP contribution < -0.4 is 10.5 Å². The maximum Gasteiger partial charge on any atom is 0.122 e. The highest BCUT2D eigenvalue weighted by molar-refractivity contribution is 9.10. The zero-order valence-corrected chi connectivity index (χ0v) is 10.7. The van der Waals surface area contributed by atoms with Crippen LogP contribution in [0.15, 0.2) is 22.7 Å². The van der Waals surface area contributed by atoms with Crippen molar-refractivity contribution in [2.24, 2.45) is 5.73 Å². The number of halogens is 1. The highest BCUT2D eigenvalue weighted by atomic mass is 79.9. The molecule has 0 bridgehead atoms. The van der Waals surface area contributed by atoms with Gasteiger partial charge in [0.2, 0.25) is 0 Å². The monoisotopic (exact) mass is 271 g/mol. The Hall–Kier alpha value is -0.540. The van der Waals surface area contributed by atoms with Gasteiger partial charge in [-0.2, -0.15) is 0 Å². The van der Waals surface area contributed by atoms with Crippen LogP contribution in [0.2, 0.25) is 0 Å². The average Bonchev–Trinajstić information content (AvgIpc) is 2.25. The molecule has 0 aliphatic rings. The third-order valence-electron chi connectivity index (χ3n) is 2.13. The van der Waals surface area contributed by atoms with E-state index in [4.69, 9.17) is 10.5 Å². The Morgan fingerprint density at radius 3 is 2.87 bits per heavy atom. The fraction of sp³-hybridized carbons (Fsp3) is 0.500. The molecule has 0 aliphatic heterocycles. The van der Waals surface area contributed by atoms with Crippen LogP contribution in [0.5, 0.6) is 5.75 Å². The molecule has 0 radical (unpaired) electrons. The van der Waals surface area contributed by atoms with Crippen LogP contribution in [-0.4, -0.2) is 13.2 Å². The molecule has 0 unspecified atom stereocenters. The van der Waals surface area contributed by atoms with Crippen LogP contribution >= 0.6 is 15.9 Å². The molecule has 0 fully saturated rings. The van der Waals surface area contributed by atoms with Crippen molar-refractivity contribution in [3.05, 3.63) is 28.2 Å². The molecule has 3 heteroatoms. The number of hydrogen-bond donors (Lipinski definition) is 1. The van der Waals surface area contributed by atoms with Gasteiger partial charge in [0.1, 0.15) is 5.75 Å². The summed E-state index contributed by atoms with van der Waals surface area (Å²) in [5.74, 6) is 0.994. The molecule has 0 aliphatic carbocycles. The Morgan fingerprint density at radius 1 is 1.40 bits per heavy atom. The average molecular weight is 272 g/mol. The van der Waals surface area contributed by atoms with E-state index < -0.39 is 0 Å². The number of rotatable bonds is 6. The summed E-state index contributed by atoms with van der Waals surface area (Å²) in [6.45, 7) is 3.61. The van der Waals surface area contributed by atoms with E-state index in [0.29, 0.717) is 0 Å². The van der Waals surface area contributed by atoms with Gasteiger partial charge in [-0.1, -0.05) is 22.9 Å². The van der Waals surface area contributed by atoms with Crippen molar-refractivity contribution < 1.29 is 4.74 Å². The fourth-order valence-electron chi connectivity index (χ4n) is 1.39. The van der Waals surface area contributed by atoms with Gasteiger partial charge < -0.3 is 10.5 Å². The zero-order valence-electron chi connectivity index (χ0n) is 9.13. The van der Waals surface area contributed by atoms with Gasteiger partial charge in [0.15, 0.2) is 0 Å². The minimum atomic E-state index is 0.722. The molecular formula is C12H18BrNO. The summed E-state index contributed by atoms with van der Waals surface area (Å²) >= 11 is 3.47. The van der Waals surface area contributed by atoms with Crippen LogP contribution in [-0.2, 0) is 6.42 Å². The van der Waals surface area contributed by atoms with E-state index in [1.54, 1.807) is 0 Å². The van der Waals surface area contributed by atoms with Crippen molar-refractivity contribution in [3.8, 4) is 5.75 Å². The van der Waals surface area contributed by atoms with Crippen LogP contribution in [0.1, 0.15) is 25.3 Å². The van der Waals surface area contributed by atoms with Gasteiger partial charge in [-0.05, 0) is 49.6 Å². The third-order valence-corrected chi connectivity index (χ3v) is 2.63. The molecule has 15 heavy (non-hydrogen) atoms. The topological polar surface area (TPSA) is 35.2 Å². The van der Waals surface area contributed by atoms with E-state index in [9.17, 15) is 0 Å². The van der Waals surface area contributed by atoms with Crippen molar-refractivity contribution in [3.63, 3.8) is 0 Å². The third kappa shape index (κ3) is 4.22. The summed E-state index contributed by atoms with van der Waals surface area (Å²) in [6, 6.07) is 6.14. The molecule has 0 atom stereocenters. The lowest BCUT2D eigenvalue weighted by molar-refractivity contribution is 0.314. The lowest BCUT2D eigenvalue weighted by Gasteiger charge is -2.11. The molecule has 1 aromatic carbocycles. The first kappa shape index (κ1) is 12.5. The SMILES string of the molecule is CCCOc1ccc(Br)cc1CCCN. The standard InChI is InChI=1S/C12H18BrNO/c1-2-8-15-12-6-5-11(13)9-10(12)4-3-7-14/h5-6,9H,2-4,7-8,14H2,1H3. The lowest BCUT2D eigenvalue weighted by atomic mass is 10.1. The minimum Gasteiger partial charge on any atom is -0.493 e. The number of aryl methyl sites for hydroxylation is 1. The van der Waals surface area contributed by atoms with Crippen molar-refractivity contribution in [2.45, 2.75) is 26.2 Å². The summed E-state index contributed by atoms with van der Waals surface area (Å²) in [4.78, 5) is 0. The predicted molar refractivity (Wildman–Crippen MR) is 67.3 cm³/mol. The normalized spacial score (nSPS) is 10.3. The predicted octanol–water partition coefficient (Wildman–Crippen LogP) is 3.13. The Kier molecular flexibility index (Phi) is 5.73. The van der Waals surface area contributed by atoms with Gasteiger partial charge in [0.25, 0.3) is 0 Å². The first-order chi connectivity index (χ1) is 7.27. The van der Waals surface area contributed by atoms with Gasteiger partial charge in [0.05, 0.1) is 6.61 Å². The van der Waals surface area contributed by atoms with Gasteiger partial charge in [-0.25, -0.2) is 0 Å². The van der Waals surface area contributed by atoms with E-state index in [0.717, 1.165) is 42.6 Å². The Morgan fingerprint density at radius 2 is 2.20 bits per heavy atom. The van der Waals surface area contributed by atoms with Crippen LogP contribution in [0.25, 0.3) is 0 Å². The molecule has 0 aromatic heterocycles. The first-order valence-electron chi connectivity index (χ1n) is 5.39. The van der Waals surface area contributed by atoms with E-state index in [-0.39, 0.29) is 0 Å². The Balaban J connectivity index is 2.73. The molecule has 0 saturated heterocycles. The van der Waals surface area contributed by atoms with Gasteiger partial charge in [-0.15, -0.1) is 0 Å². The van der Waals surface area contributed by atoms with Gasteiger partial charge in [-0.3, -0.25) is 0 Å². The van der Waals surface area contributed by atoms with Crippen LogP contribution in [0.4, 0.5) is 0 Å². The van der Waals surface area contributed by atoms with Crippen LogP contribution in [0, 0.1) is 0 Å². The molecule has 0 saturated carbocycles. The summed E-state index contributed by atoms with van der Waals surface area (Å²) in [5, 5.41) is 0. The van der Waals surface area contributed by atoms with Crippen molar-refractivity contribution in [1.82, 2.24) is 0 Å². The molecule has 1 rings (SSSR count). The minimum absolute atomic E-state index is 0.722. The molecule has 2 nitrogen and oxygen atoms in total. The highest BCUT2D eigenvalue weighted by Gasteiger charge is 2.03. The van der Waals surface area contributed by atoms with Crippen molar-refractivity contribution >= 4 is 15.9 Å². The second-order valence-electron chi connectivity index (χ2n) is 3.49. The molecule has 2 N–H and O–H groups in total. The number of hydrogen-bond acceptors (Lipinski definition) is 2. The van der Waals surface area contributed by atoms with Gasteiger partial charge >= 0.3 is 0 Å². The quantitative estimate of drug-likeness (QED) is 0.863. The summed E-state index contributed by atoms with van der Waals surface area (Å²) in [5.41, 5.74) is 6.75. The molecule has 0 spiro atoms. The van der Waals surface area contributed by atoms with Crippen LogP contribution in [0.3, 0.4) is 0 Å². The molecular weight excluding hydrogens is 254 g/mol. The van der Waals surface area contributed by atoms with Crippen molar-refractivity contribution in [1.29, 1.82) is 0 Å². The largest absolute Gasteiger partial charge is 0.493 e. The second kappa shape index (κ2) is 6.85. The maximum absolute atomic E-state index is 5.68. The molecule has 0 amide bonds. The zero-order chi connectivity index (χ0) is 11.1. The van der Waals surface area contributed by atoms with E-state index in [1.807, 2.05) is 12.1 Å². The van der Waals surface area contributed by atoms with Crippen molar-refractivity contribution in [2.75, 3.05) is 13.2 Å². The first-order valence-corrected chi connectivity index (χ1v) is 6.18. The van der Waals surface area contributed by atoms with E-state index in [2.05, 4.69) is 28.9 Å². The van der Waals surface area contributed by atoms with E-state index >= 15 is 0 Å². The smallest absolute Gasteiger partial charge is 0.122 e. The fourth-order valence-corrected chi connectivity index (χ4v) is 1.80. The summed E-state index contributed by atoms with van der Waals surface area (Å²) in [6.07, 6.45) is 3.01. The highest BCUT2D eigenvalue weighted by Crippen LogP contribution is 2.24. The number of ether oxygens (including phenoxy) is 1. The Labute approximate surface area is 99.9 Å². The van der Waals surface area contributed by atoms with Gasteiger partial charge in [0, 0.05) is 4.47 Å². The number of nitrogens with two attached hydrogens (primary N) is 1. The summed E-state index contributed by atoms with van der Waals surface area (Å²) in [7, 11) is 0.